The van der Waals surface area contributed by atoms with Crippen LogP contribution in [0.25, 0.3) is 0 Å². The van der Waals surface area contributed by atoms with E-state index in [4.69, 9.17) is 21.4 Å². The molecule has 0 heterocycles. The van der Waals surface area contributed by atoms with E-state index in [0.717, 1.165) is 12.2 Å². The summed E-state index contributed by atoms with van der Waals surface area (Å²) in [7, 11) is 0. The van der Waals surface area contributed by atoms with Crippen LogP contribution in [0.5, 0.6) is 5.75 Å². The number of benzene rings is 2. The number of carboxylic acids is 1. The summed E-state index contributed by atoms with van der Waals surface area (Å²) in [6.07, 6.45) is 1.99. The van der Waals surface area contributed by atoms with E-state index in [1.54, 1.807) is 12.1 Å². The number of para-hydroxylation sites is 1. The van der Waals surface area contributed by atoms with Crippen molar-refractivity contribution >= 4 is 29.3 Å². The molecule has 116 valence electrons. The Kier molecular flexibility index (Phi) is 5.28. The van der Waals surface area contributed by atoms with Gasteiger partial charge in [0.05, 0.1) is 0 Å². The van der Waals surface area contributed by atoms with E-state index in [-0.39, 0.29) is 11.3 Å². The van der Waals surface area contributed by atoms with Crippen LogP contribution in [0.3, 0.4) is 0 Å². The first-order valence-electron chi connectivity index (χ1n) is 6.49. The molecule has 2 aromatic rings. The lowest BCUT2D eigenvalue weighted by Gasteiger charge is -2.04. The smallest absolute Gasteiger partial charge is 0.339 e. The molecule has 0 fully saturated rings. The highest BCUT2D eigenvalue weighted by atomic mass is 35.5. The van der Waals surface area contributed by atoms with E-state index >= 15 is 0 Å². The van der Waals surface area contributed by atoms with Crippen LogP contribution in [0.2, 0.25) is 5.02 Å². The molecule has 0 atom stereocenters. The predicted octanol–water partition coefficient (Wildman–Crippen LogP) is 3.38. The Bertz CT molecular complexity index is 778. The van der Waals surface area contributed by atoms with Gasteiger partial charge in [0.15, 0.2) is 5.78 Å². The van der Waals surface area contributed by atoms with Crippen molar-refractivity contribution in [3.05, 3.63) is 76.8 Å². The molecule has 0 saturated carbocycles. The number of hydrogen-bond acceptors (Lipinski definition) is 4. The molecule has 0 bridgehead atoms. The average Bonchev–Trinajstić information content (AvgIpc) is 2.53. The van der Waals surface area contributed by atoms with E-state index in [1.807, 2.05) is 0 Å². The fraction of sp³-hybridized carbons (Fsp3) is 0. The van der Waals surface area contributed by atoms with Gasteiger partial charge in [-0.2, -0.15) is 0 Å². The number of carbonyl (C=O) groups is 3. The number of ketones is 1. The summed E-state index contributed by atoms with van der Waals surface area (Å²) in [4.78, 5) is 34.6. The Hall–Kier alpha value is -2.92. The first-order chi connectivity index (χ1) is 11.0. The minimum atomic E-state index is -1.21. The molecule has 0 radical (unpaired) electrons. The molecule has 0 spiro atoms. The number of allylic oxidation sites excluding steroid dienone is 1. The fourth-order valence-electron chi connectivity index (χ4n) is 1.73. The zero-order chi connectivity index (χ0) is 16.8. The first kappa shape index (κ1) is 16.5. The molecule has 0 saturated heterocycles. The lowest BCUT2D eigenvalue weighted by atomic mass is 10.1. The van der Waals surface area contributed by atoms with Gasteiger partial charge in [-0.05, 0) is 42.5 Å². The van der Waals surface area contributed by atoms with E-state index in [9.17, 15) is 14.4 Å². The number of carbonyl (C=O) groups excluding carboxylic acids is 2. The van der Waals surface area contributed by atoms with Gasteiger partial charge in [-0.25, -0.2) is 9.59 Å². The van der Waals surface area contributed by atoms with E-state index in [2.05, 4.69) is 0 Å². The summed E-state index contributed by atoms with van der Waals surface area (Å²) in [5.74, 6) is -2.55. The summed E-state index contributed by atoms with van der Waals surface area (Å²) >= 11 is 5.72. The molecule has 2 aromatic carbocycles. The molecule has 0 aliphatic heterocycles. The maximum absolute atomic E-state index is 11.9. The Morgan fingerprint density at radius 3 is 2.26 bits per heavy atom. The third kappa shape index (κ3) is 4.52. The molecule has 5 nitrogen and oxygen atoms in total. The summed E-state index contributed by atoms with van der Waals surface area (Å²) < 4.78 is 4.93. The zero-order valence-electron chi connectivity index (χ0n) is 11.7. The molecule has 0 aromatic heterocycles. The minimum Gasteiger partial charge on any atom is -0.478 e. The van der Waals surface area contributed by atoms with Crippen LogP contribution in [0.4, 0.5) is 0 Å². The van der Waals surface area contributed by atoms with Gasteiger partial charge in [-0.3, -0.25) is 4.79 Å². The maximum atomic E-state index is 11.9. The van der Waals surface area contributed by atoms with Crippen LogP contribution in [0, 0.1) is 0 Å². The molecule has 23 heavy (non-hydrogen) atoms. The lowest BCUT2D eigenvalue weighted by Crippen LogP contribution is -2.09. The van der Waals surface area contributed by atoms with Gasteiger partial charge in [0.1, 0.15) is 11.3 Å². The van der Waals surface area contributed by atoms with Crippen molar-refractivity contribution in [1.29, 1.82) is 0 Å². The van der Waals surface area contributed by atoms with Crippen molar-refractivity contribution in [2.75, 3.05) is 0 Å². The van der Waals surface area contributed by atoms with Crippen molar-refractivity contribution in [3.63, 3.8) is 0 Å². The van der Waals surface area contributed by atoms with Crippen molar-refractivity contribution < 1.29 is 24.2 Å². The standard InChI is InChI=1S/C17H11ClO5/c18-12-7-5-11(6-8-12)14(19)9-10-16(20)23-15-4-2-1-3-13(15)17(21)22/h1-10H,(H,21,22)/b10-9+. The van der Waals surface area contributed by atoms with Crippen LogP contribution in [-0.4, -0.2) is 22.8 Å². The van der Waals surface area contributed by atoms with E-state index in [0.29, 0.717) is 10.6 Å². The van der Waals surface area contributed by atoms with Crippen molar-refractivity contribution in [3.8, 4) is 5.75 Å². The van der Waals surface area contributed by atoms with Gasteiger partial charge in [0, 0.05) is 16.7 Å². The van der Waals surface area contributed by atoms with Gasteiger partial charge < -0.3 is 9.84 Å². The highest BCUT2D eigenvalue weighted by Gasteiger charge is 2.12. The van der Waals surface area contributed by atoms with Gasteiger partial charge >= 0.3 is 11.9 Å². The molecule has 0 aliphatic carbocycles. The Morgan fingerprint density at radius 2 is 1.61 bits per heavy atom. The number of hydrogen-bond donors (Lipinski definition) is 1. The maximum Gasteiger partial charge on any atom is 0.339 e. The minimum absolute atomic E-state index is 0.0893. The third-order valence-corrected chi connectivity index (χ3v) is 3.08. The number of esters is 1. The molecule has 6 heteroatoms. The van der Waals surface area contributed by atoms with Crippen LogP contribution in [0.1, 0.15) is 20.7 Å². The zero-order valence-corrected chi connectivity index (χ0v) is 12.5. The summed E-state index contributed by atoms with van der Waals surface area (Å²) in [6, 6.07) is 11.9. The first-order valence-corrected chi connectivity index (χ1v) is 6.87. The van der Waals surface area contributed by atoms with Crippen molar-refractivity contribution in [1.82, 2.24) is 0 Å². The summed E-state index contributed by atoms with van der Waals surface area (Å²) in [6.45, 7) is 0. The van der Waals surface area contributed by atoms with Crippen LogP contribution >= 0.6 is 11.6 Å². The average molecular weight is 331 g/mol. The van der Waals surface area contributed by atoms with Gasteiger partial charge in [-0.15, -0.1) is 0 Å². The molecule has 0 unspecified atom stereocenters. The highest BCUT2D eigenvalue weighted by molar-refractivity contribution is 6.30. The topological polar surface area (TPSA) is 80.7 Å². The lowest BCUT2D eigenvalue weighted by molar-refractivity contribution is -0.129. The number of carboxylic acid groups (broad SMARTS) is 1. The van der Waals surface area contributed by atoms with Crippen LogP contribution < -0.4 is 4.74 Å². The summed E-state index contributed by atoms with van der Waals surface area (Å²) in [5, 5.41) is 9.49. The van der Waals surface area contributed by atoms with E-state index in [1.165, 1.54) is 36.4 Å². The fourth-order valence-corrected chi connectivity index (χ4v) is 1.85. The second kappa shape index (κ2) is 7.38. The molecule has 1 N–H and O–H groups in total. The predicted molar refractivity (Wildman–Crippen MR) is 84.0 cm³/mol. The second-order valence-corrected chi connectivity index (χ2v) is 4.86. The molecular weight excluding hydrogens is 320 g/mol. The van der Waals surface area contributed by atoms with E-state index < -0.39 is 17.7 Å². The highest BCUT2D eigenvalue weighted by Crippen LogP contribution is 2.18. The van der Waals surface area contributed by atoms with Gasteiger partial charge in [0.2, 0.25) is 0 Å². The number of ether oxygens (including phenoxy) is 1. The molecule has 2 rings (SSSR count). The molecular formula is C17H11ClO5. The second-order valence-electron chi connectivity index (χ2n) is 4.43. The monoisotopic (exact) mass is 330 g/mol. The molecule has 0 amide bonds. The van der Waals surface area contributed by atoms with Crippen molar-refractivity contribution in [2.24, 2.45) is 0 Å². The SMILES string of the molecule is O=C(/C=C/C(=O)c1ccc(Cl)cc1)Oc1ccccc1C(=O)O. The Morgan fingerprint density at radius 1 is 0.957 bits per heavy atom. The normalized spacial score (nSPS) is 10.5. The Balaban J connectivity index is 2.06. The molecule has 0 aliphatic rings. The van der Waals surface area contributed by atoms with Gasteiger partial charge in [-0.1, -0.05) is 23.7 Å². The van der Waals surface area contributed by atoms with Crippen molar-refractivity contribution in [2.45, 2.75) is 0 Å². The van der Waals surface area contributed by atoms with Crippen LogP contribution in [-0.2, 0) is 4.79 Å². The third-order valence-electron chi connectivity index (χ3n) is 2.83. The van der Waals surface area contributed by atoms with Crippen LogP contribution in [0.15, 0.2) is 60.7 Å². The largest absolute Gasteiger partial charge is 0.478 e. The quantitative estimate of drug-likeness (QED) is 0.393. The Labute approximate surface area is 136 Å². The van der Waals surface area contributed by atoms with Gasteiger partial charge in [0.25, 0.3) is 0 Å². The number of aromatic carboxylic acids is 1. The number of halogens is 1. The number of rotatable bonds is 5. The summed E-state index contributed by atoms with van der Waals surface area (Å²) in [5.41, 5.74) is 0.225.